The zero-order valence-corrected chi connectivity index (χ0v) is 27.8. The fourth-order valence-corrected chi connectivity index (χ4v) is 7.20. The van der Waals surface area contributed by atoms with Crippen LogP contribution in [0.1, 0.15) is 41.4 Å². The number of piperidine rings is 1. The number of hydrogen-bond acceptors (Lipinski definition) is 5. The number of hydrogen-bond donors (Lipinski definition) is 2. The number of likely N-dealkylation sites (tertiary alicyclic amines) is 1. The first kappa shape index (κ1) is 33.2. The summed E-state index contributed by atoms with van der Waals surface area (Å²) in [7, 11) is 0. The molecule has 1 fully saturated rings. The molecular formula is C34H33Cl3FN3O3S. The van der Waals surface area contributed by atoms with Crippen LogP contribution < -0.4 is 15.4 Å². The predicted octanol–water partition coefficient (Wildman–Crippen LogP) is 8.48. The van der Waals surface area contributed by atoms with Crippen LogP contribution in [0.15, 0.2) is 66.7 Å². The molecule has 0 radical (unpaired) electrons. The molecule has 2 heterocycles. The van der Waals surface area contributed by atoms with Gasteiger partial charge < -0.3 is 20.3 Å². The fourth-order valence-electron chi connectivity index (χ4n) is 5.24. The van der Waals surface area contributed by atoms with Crippen LogP contribution >= 0.6 is 46.1 Å². The molecule has 1 aromatic heterocycles. The Morgan fingerprint density at radius 3 is 2.33 bits per heavy atom. The number of ether oxygens (including phenoxy) is 1. The Kier molecular flexibility index (Phi) is 11.4. The Hall–Kier alpha value is -3.14. The van der Waals surface area contributed by atoms with E-state index >= 15 is 0 Å². The highest BCUT2D eigenvalue weighted by Gasteiger charge is 2.31. The number of carbonyl (C=O) groups excluding carboxylic acids is 2. The van der Waals surface area contributed by atoms with E-state index in [0.29, 0.717) is 64.9 Å². The topological polar surface area (TPSA) is 70.7 Å². The van der Waals surface area contributed by atoms with Crippen molar-refractivity contribution in [1.82, 2.24) is 15.5 Å². The largest absolute Gasteiger partial charge is 0.491 e. The van der Waals surface area contributed by atoms with E-state index in [4.69, 9.17) is 39.5 Å². The van der Waals surface area contributed by atoms with Gasteiger partial charge >= 0.3 is 0 Å². The van der Waals surface area contributed by atoms with Crippen molar-refractivity contribution in [2.75, 3.05) is 26.2 Å². The Bertz CT molecular complexity index is 1640. The zero-order chi connectivity index (χ0) is 31.9. The fraction of sp³-hybridized carbons (Fsp3) is 0.294. The molecule has 1 aliphatic rings. The van der Waals surface area contributed by atoms with Crippen molar-refractivity contribution in [2.24, 2.45) is 0 Å². The van der Waals surface area contributed by atoms with Gasteiger partial charge in [0.05, 0.1) is 11.6 Å². The molecule has 1 aliphatic heterocycles. The van der Waals surface area contributed by atoms with Crippen LogP contribution in [-0.2, 0) is 11.3 Å². The number of benzene rings is 3. The first-order chi connectivity index (χ1) is 21.7. The summed E-state index contributed by atoms with van der Waals surface area (Å²) in [5, 5.41) is 7.88. The van der Waals surface area contributed by atoms with Gasteiger partial charge in [-0.25, -0.2) is 4.39 Å². The number of carbonyl (C=O) groups is 2. The van der Waals surface area contributed by atoms with Gasteiger partial charge in [0.25, 0.3) is 5.91 Å². The molecule has 4 aromatic rings. The summed E-state index contributed by atoms with van der Waals surface area (Å²) in [6.45, 7) is 4.00. The van der Waals surface area contributed by atoms with Crippen LogP contribution in [0.3, 0.4) is 0 Å². The number of halogens is 4. The summed E-state index contributed by atoms with van der Waals surface area (Å²) in [6.07, 6.45) is 2.13. The van der Waals surface area contributed by atoms with Gasteiger partial charge in [-0.05, 0) is 66.8 Å². The van der Waals surface area contributed by atoms with E-state index in [1.807, 2.05) is 23.1 Å². The maximum Gasteiger partial charge on any atom is 0.267 e. The maximum atomic E-state index is 14.2. The molecule has 2 N–H and O–H groups in total. The van der Waals surface area contributed by atoms with Crippen LogP contribution in [-0.4, -0.2) is 49.0 Å². The van der Waals surface area contributed by atoms with E-state index in [2.05, 4.69) is 10.6 Å². The Balaban J connectivity index is 1.43. The second-order valence-corrected chi connectivity index (χ2v) is 13.2. The third-order valence-corrected chi connectivity index (χ3v) is 9.59. The van der Waals surface area contributed by atoms with Gasteiger partial charge in [-0.3, -0.25) is 9.59 Å². The first-order valence-electron chi connectivity index (χ1n) is 14.7. The highest BCUT2D eigenvalue weighted by atomic mass is 35.5. The minimum atomic E-state index is -0.254. The lowest BCUT2D eigenvalue weighted by Crippen LogP contribution is -2.44. The number of amides is 2. The van der Waals surface area contributed by atoms with Gasteiger partial charge in [-0.15, -0.1) is 11.3 Å². The second-order valence-electron chi connectivity index (χ2n) is 10.9. The molecule has 1 saturated heterocycles. The summed E-state index contributed by atoms with van der Waals surface area (Å²) in [5.74, 6) is 0.00234. The maximum absolute atomic E-state index is 14.2. The summed E-state index contributed by atoms with van der Waals surface area (Å²) in [6, 6.07) is 19.4. The third-order valence-electron chi connectivity index (χ3n) is 7.60. The van der Waals surface area contributed by atoms with Crippen molar-refractivity contribution in [1.29, 1.82) is 0 Å². The van der Waals surface area contributed by atoms with Gasteiger partial charge in [0, 0.05) is 65.2 Å². The minimum absolute atomic E-state index is 0.111. The highest BCUT2D eigenvalue weighted by molar-refractivity contribution is 7.18. The third kappa shape index (κ3) is 8.57. The van der Waals surface area contributed by atoms with Crippen molar-refractivity contribution >= 4 is 58.0 Å². The Morgan fingerprint density at radius 1 is 0.978 bits per heavy atom. The van der Waals surface area contributed by atoms with Gasteiger partial charge in [-0.2, -0.15) is 0 Å². The van der Waals surface area contributed by atoms with Crippen molar-refractivity contribution in [3.8, 4) is 27.3 Å². The van der Waals surface area contributed by atoms with Gasteiger partial charge in [0.2, 0.25) is 5.91 Å². The summed E-state index contributed by atoms with van der Waals surface area (Å²) < 4.78 is 19.7. The van der Waals surface area contributed by atoms with Gasteiger partial charge in [0.1, 0.15) is 10.7 Å². The SMILES string of the molecule is CC(=O)NCCCOc1c(C(=O)N2CCC(NCc3ccc(F)cc3)CC2)sc(-c2ccc(Cl)cc2Cl)c1-c1ccc(Cl)cc1. The number of nitrogens with one attached hydrogen (secondary N) is 2. The Morgan fingerprint density at radius 2 is 1.67 bits per heavy atom. The highest BCUT2D eigenvalue weighted by Crippen LogP contribution is 2.50. The summed E-state index contributed by atoms with van der Waals surface area (Å²) in [5.41, 5.74) is 3.33. The average Bonchev–Trinajstić information content (AvgIpc) is 3.39. The van der Waals surface area contributed by atoms with Crippen molar-refractivity contribution in [2.45, 2.75) is 38.8 Å². The summed E-state index contributed by atoms with van der Waals surface area (Å²) in [4.78, 5) is 28.7. The molecule has 0 bridgehead atoms. The molecule has 0 atom stereocenters. The molecule has 45 heavy (non-hydrogen) atoms. The van der Waals surface area contributed by atoms with Gasteiger partial charge in [-0.1, -0.05) is 65.1 Å². The number of nitrogens with zero attached hydrogens (tertiary/aromatic N) is 1. The molecule has 236 valence electrons. The smallest absolute Gasteiger partial charge is 0.267 e. The molecular weight excluding hydrogens is 656 g/mol. The van der Waals surface area contributed by atoms with E-state index in [0.717, 1.165) is 40.0 Å². The molecule has 6 nitrogen and oxygen atoms in total. The van der Waals surface area contributed by atoms with Gasteiger partial charge in [0.15, 0.2) is 5.75 Å². The molecule has 0 aliphatic carbocycles. The zero-order valence-electron chi connectivity index (χ0n) is 24.7. The van der Waals surface area contributed by atoms with Crippen LogP contribution in [0.4, 0.5) is 4.39 Å². The van der Waals surface area contributed by atoms with Crippen molar-refractivity contribution < 1.29 is 18.7 Å². The quantitative estimate of drug-likeness (QED) is 0.155. The lowest BCUT2D eigenvalue weighted by atomic mass is 10.0. The predicted molar refractivity (Wildman–Crippen MR) is 181 cm³/mol. The molecule has 11 heteroatoms. The molecule has 0 saturated carbocycles. The van der Waals surface area contributed by atoms with Crippen LogP contribution in [0.25, 0.3) is 21.6 Å². The molecule has 0 unspecified atom stereocenters. The van der Waals surface area contributed by atoms with Crippen molar-refractivity contribution in [3.63, 3.8) is 0 Å². The lowest BCUT2D eigenvalue weighted by molar-refractivity contribution is -0.118. The van der Waals surface area contributed by atoms with E-state index < -0.39 is 0 Å². The van der Waals surface area contributed by atoms with E-state index in [1.165, 1.54) is 30.4 Å². The van der Waals surface area contributed by atoms with E-state index in [9.17, 15) is 14.0 Å². The Labute approximate surface area is 281 Å². The summed E-state index contributed by atoms with van der Waals surface area (Å²) >= 11 is 20.5. The van der Waals surface area contributed by atoms with Crippen molar-refractivity contribution in [3.05, 3.63) is 98.1 Å². The number of thiophene rings is 1. The first-order valence-corrected chi connectivity index (χ1v) is 16.7. The van der Waals surface area contributed by atoms with E-state index in [-0.39, 0.29) is 23.7 Å². The van der Waals surface area contributed by atoms with E-state index in [1.54, 1.807) is 36.4 Å². The molecule has 2 amide bonds. The van der Waals surface area contributed by atoms with Crippen LogP contribution in [0.5, 0.6) is 5.75 Å². The molecule has 5 rings (SSSR count). The molecule has 3 aromatic carbocycles. The van der Waals surface area contributed by atoms with Crippen LogP contribution in [0.2, 0.25) is 15.1 Å². The standard InChI is InChI=1S/C34H33Cl3FN3O3S/c1-21(42)39-15-2-18-44-31-30(23-5-7-24(35)8-6-23)32(28-12-9-25(36)19-29(28)37)45-33(31)34(43)41-16-13-27(14-17-41)40-20-22-3-10-26(38)11-4-22/h3-12,19,27,40H,2,13-18,20H2,1H3,(H,39,42). The normalized spacial score (nSPS) is 13.6. The monoisotopic (exact) mass is 687 g/mol. The molecule has 0 spiro atoms. The second kappa shape index (κ2) is 15.4. The van der Waals surface area contributed by atoms with Crippen LogP contribution in [0, 0.1) is 5.82 Å². The number of rotatable bonds is 11. The lowest BCUT2D eigenvalue weighted by Gasteiger charge is -2.32. The minimum Gasteiger partial charge on any atom is -0.491 e. The average molecular weight is 689 g/mol.